The molecule has 6 heteroatoms. The highest BCUT2D eigenvalue weighted by Gasteiger charge is 2.61. The highest BCUT2D eigenvalue weighted by molar-refractivity contribution is 7.48. The first-order valence-corrected chi connectivity index (χ1v) is 29.4. The van der Waals surface area contributed by atoms with Crippen LogP contribution in [0.4, 0.5) is 0 Å². The highest BCUT2D eigenvalue weighted by Crippen LogP contribution is 2.70. The number of rotatable bonds is 18. The average molecular weight is 906 g/mol. The number of hydrogen-bond acceptors (Lipinski definition) is 5. The van der Waals surface area contributed by atoms with Crippen molar-refractivity contribution in [3.8, 4) is 0 Å². The van der Waals surface area contributed by atoms with E-state index in [9.17, 15) is 0 Å². The third-order valence-electron chi connectivity index (χ3n) is 21.9. The van der Waals surface area contributed by atoms with Gasteiger partial charge < -0.3 is 4.90 Å². The fourth-order valence-electron chi connectivity index (χ4n) is 18.3. The van der Waals surface area contributed by atoms with Gasteiger partial charge in [0.1, 0.15) is 0 Å². The van der Waals surface area contributed by atoms with Gasteiger partial charge in [0.2, 0.25) is 0 Å². The van der Waals surface area contributed by atoms with E-state index in [0.717, 1.165) is 110 Å². The van der Waals surface area contributed by atoms with Crippen molar-refractivity contribution in [2.45, 2.75) is 223 Å². The lowest BCUT2D eigenvalue weighted by molar-refractivity contribution is -0.0627. The van der Waals surface area contributed by atoms with Crippen LogP contribution in [0.15, 0.2) is 23.3 Å². The number of fused-ring (bicyclic) bond motifs is 10. The van der Waals surface area contributed by atoms with Crippen molar-refractivity contribution >= 4 is 7.82 Å². The lowest BCUT2D eigenvalue weighted by Gasteiger charge is -2.58. The Hall–Kier alpha value is -0.450. The molecule has 2 unspecified atom stereocenters. The van der Waals surface area contributed by atoms with E-state index in [1.54, 1.807) is 11.1 Å². The first kappa shape index (κ1) is 50.0. The Labute approximate surface area is 395 Å². The molecule has 6 saturated carbocycles. The summed E-state index contributed by atoms with van der Waals surface area (Å²) in [7, 11) is 0.301. The number of phosphoric ester groups is 1. The fraction of sp³-hybridized carbons (Fsp3) is 0.931. The zero-order valence-electron chi connectivity index (χ0n) is 43.7. The minimum Gasteiger partial charge on any atom is -0.307 e. The third-order valence-corrected chi connectivity index (χ3v) is 23.5. The SMILES string of the molecule is CC(C)CCC[C@@H](C)[C@H]1CC[C@H]2[C@@H]3CC=C4CC(OP(=O)(OCCN(C)C)O[C@H]5CC[C@@]6(C)C(=CC[C@H]7[C@@H]8CC[C@H]([C@H](C)CCCC(C)C)[C@@]8(C)CC[C@@H]76)C5)CC[C@]4(C)[C@H]3CC[C@]12C. The molecule has 0 aromatic rings. The molecule has 8 aliphatic rings. The van der Waals surface area contributed by atoms with Crippen LogP contribution in [0.3, 0.4) is 0 Å². The number of nitrogens with zero attached hydrogens (tertiary/aromatic N) is 1. The van der Waals surface area contributed by atoms with E-state index in [1.165, 1.54) is 103 Å². The monoisotopic (exact) mass is 906 g/mol. The van der Waals surface area contributed by atoms with Crippen molar-refractivity contribution in [2.75, 3.05) is 27.2 Å². The minimum absolute atomic E-state index is 0.120. The molecule has 0 heterocycles. The summed E-state index contributed by atoms with van der Waals surface area (Å²) in [6.45, 7) is 26.4. The molecule has 8 aliphatic carbocycles. The number of allylic oxidation sites excluding steroid dienone is 2. The summed E-state index contributed by atoms with van der Waals surface area (Å²) in [6.07, 6.45) is 33.0. The molecular weight excluding hydrogens is 806 g/mol. The maximum absolute atomic E-state index is 15.0. The smallest absolute Gasteiger partial charge is 0.307 e. The highest BCUT2D eigenvalue weighted by atomic mass is 31.2. The molecule has 0 aromatic carbocycles. The first-order chi connectivity index (χ1) is 30.3. The Morgan fingerprint density at radius 1 is 0.594 bits per heavy atom. The Morgan fingerprint density at radius 3 is 1.44 bits per heavy atom. The largest absolute Gasteiger partial charge is 0.475 e. The number of hydrogen-bond donors (Lipinski definition) is 0. The van der Waals surface area contributed by atoms with E-state index in [1.807, 2.05) is 14.1 Å². The zero-order valence-corrected chi connectivity index (χ0v) is 44.6. The predicted octanol–water partition coefficient (Wildman–Crippen LogP) is 16.5. The molecule has 8 rings (SSSR count). The summed E-state index contributed by atoms with van der Waals surface area (Å²) in [5.41, 5.74) is 4.62. The summed E-state index contributed by atoms with van der Waals surface area (Å²) in [5, 5.41) is 0. The number of phosphoric acid groups is 1. The van der Waals surface area contributed by atoms with Crippen LogP contribution in [0, 0.1) is 92.7 Å². The van der Waals surface area contributed by atoms with Gasteiger partial charge in [-0.3, -0.25) is 13.6 Å². The molecule has 366 valence electrons. The molecule has 0 bridgehead atoms. The fourth-order valence-corrected chi connectivity index (χ4v) is 19.8. The van der Waals surface area contributed by atoms with Gasteiger partial charge in [0.25, 0.3) is 0 Å². The summed E-state index contributed by atoms with van der Waals surface area (Å²) in [6, 6.07) is 0. The van der Waals surface area contributed by atoms with Crippen LogP contribution in [0.25, 0.3) is 0 Å². The standard InChI is InChI=1S/C58H100NO4P/c1-39(2)15-13-17-41(5)49-23-25-51-47-21-19-43-37-45(27-31-55(43,7)53(47)29-33-57(49,51)9)62-64(60,61-36-35-59(11)12)63-46-28-32-56(8)44(38-46)20-22-48-52-26-24-50(42(6)18-14-16-40(3)4)58(52,10)34-30-54(48)56/h19-20,39-42,45-54H,13-18,21-38H2,1-12H3/t41-,42-,45+,46?,47+,48+,49-,50-,51+,52+,53+,54+,55+,56+,57-,58-,64?/m1/s1. The van der Waals surface area contributed by atoms with Crippen LogP contribution in [-0.2, 0) is 18.1 Å². The topological polar surface area (TPSA) is 48.0 Å². The van der Waals surface area contributed by atoms with Gasteiger partial charge in [0.15, 0.2) is 0 Å². The van der Waals surface area contributed by atoms with Gasteiger partial charge in [0.05, 0.1) is 18.8 Å². The van der Waals surface area contributed by atoms with Crippen LogP contribution in [0.1, 0.15) is 210 Å². The van der Waals surface area contributed by atoms with Gasteiger partial charge in [-0.25, -0.2) is 4.57 Å². The minimum atomic E-state index is -3.80. The molecule has 0 spiro atoms. The van der Waals surface area contributed by atoms with Gasteiger partial charge in [-0.2, -0.15) is 0 Å². The van der Waals surface area contributed by atoms with Gasteiger partial charge in [-0.15, -0.1) is 0 Å². The van der Waals surface area contributed by atoms with Crippen LogP contribution in [0.2, 0.25) is 0 Å². The second-order valence-electron chi connectivity index (χ2n) is 26.6. The van der Waals surface area contributed by atoms with E-state index in [-0.39, 0.29) is 23.0 Å². The van der Waals surface area contributed by atoms with Crippen LogP contribution in [0.5, 0.6) is 0 Å². The van der Waals surface area contributed by atoms with Crippen LogP contribution >= 0.6 is 7.82 Å². The van der Waals surface area contributed by atoms with Crippen molar-refractivity contribution < 1.29 is 18.1 Å². The summed E-state index contributed by atoms with van der Waals surface area (Å²) >= 11 is 0. The van der Waals surface area contributed by atoms with E-state index < -0.39 is 7.82 Å². The van der Waals surface area contributed by atoms with E-state index >= 15 is 4.57 Å². The molecule has 17 atom stereocenters. The lowest BCUT2D eigenvalue weighted by atomic mass is 9.47. The molecule has 64 heavy (non-hydrogen) atoms. The Bertz CT molecular complexity index is 1590. The molecule has 0 amide bonds. The van der Waals surface area contributed by atoms with Crippen molar-refractivity contribution in [1.29, 1.82) is 0 Å². The lowest BCUT2D eigenvalue weighted by Crippen LogP contribution is -2.51. The van der Waals surface area contributed by atoms with E-state index in [2.05, 4.69) is 86.3 Å². The van der Waals surface area contributed by atoms with Crippen molar-refractivity contribution in [2.24, 2.45) is 92.7 Å². The molecule has 0 saturated heterocycles. The molecule has 5 nitrogen and oxygen atoms in total. The van der Waals surface area contributed by atoms with Gasteiger partial charge in [0, 0.05) is 6.54 Å². The first-order valence-electron chi connectivity index (χ1n) is 27.9. The van der Waals surface area contributed by atoms with Crippen molar-refractivity contribution in [1.82, 2.24) is 4.90 Å². The van der Waals surface area contributed by atoms with Crippen LogP contribution < -0.4 is 0 Å². The summed E-state index contributed by atoms with van der Waals surface area (Å²) in [5.74, 6) is 9.97. The molecule has 0 aromatic heterocycles. The predicted molar refractivity (Wildman–Crippen MR) is 268 cm³/mol. The van der Waals surface area contributed by atoms with Crippen molar-refractivity contribution in [3.05, 3.63) is 23.3 Å². The van der Waals surface area contributed by atoms with Crippen molar-refractivity contribution in [3.63, 3.8) is 0 Å². The summed E-state index contributed by atoms with van der Waals surface area (Å²) < 4.78 is 34.9. The zero-order chi connectivity index (χ0) is 45.8. The molecule has 6 fully saturated rings. The van der Waals surface area contributed by atoms with Gasteiger partial charge in [-0.05, 0) is 210 Å². The Morgan fingerprint density at radius 2 is 1.03 bits per heavy atom. The van der Waals surface area contributed by atoms with Gasteiger partial charge in [-0.1, -0.05) is 131 Å². The maximum Gasteiger partial charge on any atom is 0.475 e. The molecule has 0 aliphatic heterocycles. The van der Waals surface area contributed by atoms with E-state index in [4.69, 9.17) is 13.6 Å². The third kappa shape index (κ3) is 9.70. The van der Waals surface area contributed by atoms with Gasteiger partial charge >= 0.3 is 7.82 Å². The quantitative estimate of drug-likeness (QED) is 0.101. The Kier molecular flexibility index (Phi) is 15.4. The average Bonchev–Trinajstić information content (AvgIpc) is 3.77. The molecule has 0 N–H and O–H groups in total. The normalized spacial score (nSPS) is 43.6. The maximum atomic E-state index is 15.0. The second kappa shape index (κ2) is 19.7. The Balaban J connectivity index is 0.907. The molecule has 0 radical (unpaired) electrons. The second-order valence-corrected chi connectivity index (χ2v) is 28.2. The molecular formula is C58H100NO4P. The summed E-state index contributed by atoms with van der Waals surface area (Å²) in [4.78, 5) is 2.10. The number of likely N-dealkylation sites (N-methyl/N-ethyl adjacent to an activating group) is 1. The van der Waals surface area contributed by atoms with E-state index in [0.29, 0.717) is 24.0 Å². The van der Waals surface area contributed by atoms with Crippen LogP contribution in [-0.4, -0.2) is 44.4 Å².